The normalized spacial score (nSPS) is 18.0. The molecule has 3 aromatic rings. The molecule has 2 nitrogen and oxygen atoms in total. The number of nitrogens with zero attached hydrogens (tertiary/aromatic N) is 1. The van der Waals surface area contributed by atoms with E-state index in [1.807, 2.05) is 0 Å². The van der Waals surface area contributed by atoms with Gasteiger partial charge in [0, 0.05) is 23.7 Å². The highest BCUT2D eigenvalue weighted by atomic mass is 32.2. The van der Waals surface area contributed by atoms with Gasteiger partial charge in [0.25, 0.3) is 0 Å². The van der Waals surface area contributed by atoms with Crippen LogP contribution in [0.5, 0.6) is 0 Å². The smallest absolute Gasteiger partial charge is 0.0521 e. The van der Waals surface area contributed by atoms with Crippen LogP contribution in [0, 0.1) is 0 Å². The zero-order valence-electron chi connectivity index (χ0n) is 14.1. The Morgan fingerprint density at radius 1 is 1.00 bits per heavy atom. The summed E-state index contributed by atoms with van der Waals surface area (Å²) in [6.07, 6.45) is 2.13. The van der Waals surface area contributed by atoms with Crippen LogP contribution in [0.3, 0.4) is 0 Å². The second-order valence-corrected chi connectivity index (χ2v) is 7.32. The highest BCUT2D eigenvalue weighted by molar-refractivity contribution is 7.98. The highest BCUT2D eigenvalue weighted by Gasteiger charge is 2.22. The molecule has 1 atom stereocenters. The lowest BCUT2D eigenvalue weighted by atomic mass is 10.0. The Morgan fingerprint density at radius 3 is 2.67 bits per heavy atom. The lowest BCUT2D eigenvalue weighted by Crippen LogP contribution is -2.26. The Labute approximate surface area is 147 Å². The molecule has 0 bridgehead atoms. The second kappa shape index (κ2) is 6.50. The maximum Gasteiger partial charge on any atom is 0.0521 e. The van der Waals surface area contributed by atoms with Gasteiger partial charge >= 0.3 is 0 Å². The molecule has 0 amide bonds. The van der Waals surface area contributed by atoms with Crippen LogP contribution in [-0.2, 0) is 6.54 Å². The van der Waals surface area contributed by atoms with Crippen molar-refractivity contribution in [1.29, 1.82) is 0 Å². The maximum absolute atomic E-state index is 3.65. The SMILES string of the molecule is CSc1ccc2c(c1)CN(C)C(c1ccc3ccccc3c1)CN2. The molecule has 0 aliphatic carbocycles. The lowest BCUT2D eigenvalue weighted by Gasteiger charge is -2.26. The van der Waals surface area contributed by atoms with E-state index in [2.05, 4.69) is 84.2 Å². The molecule has 0 fully saturated rings. The molecule has 0 saturated carbocycles. The van der Waals surface area contributed by atoms with E-state index in [0.717, 1.165) is 13.1 Å². The summed E-state index contributed by atoms with van der Waals surface area (Å²) < 4.78 is 0. The minimum Gasteiger partial charge on any atom is -0.383 e. The summed E-state index contributed by atoms with van der Waals surface area (Å²) >= 11 is 1.80. The van der Waals surface area contributed by atoms with Crippen molar-refractivity contribution in [2.75, 3.05) is 25.2 Å². The van der Waals surface area contributed by atoms with Gasteiger partial charge in [-0.05, 0) is 59.5 Å². The Balaban J connectivity index is 1.66. The van der Waals surface area contributed by atoms with Crippen LogP contribution in [-0.4, -0.2) is 24.7 Å². The maximum atomic E-state index is 3.65. The Hall–Kier alpha value is -1.97. The van der Waals surface area contributed by atoms with Crippen LogP contribution in [0.1, 0.15) is 17.2 Å². The van der Waals surface area contributed by atoms with E-state index in [0.29, 0.717) is 6.04 Å². The molecule has 1 aliphatic rings. The molecular weight excluding hydrogens is 312 g/mol. The fraction of sp³-hybridized carbons (Fsp3) is 0.238. The van der Waals surface area contributed by atoms with Gasteiger partial charge in [0.05, 0.1) is 6.04 Å². The predicted octanol–water partition coefficient (Wildman–Crippen LogP) is 5.16. The van der Waals surface area contributed by atoms with Crippen molar-refractivity contribution in [3.63, 3.8) is 0 Å². The predicted molar refractivity (Wildman–Crippen MR) is 105 cm³/mol. The molecule has 122 valence electrons. The standard InChI is InChI=1S/C21H22N2S/c1-23-14-18-12-19(24-2)9-10-20(18)22-13-21(23)17-8-7-15-5-3-4-6-16(15)11-17/h3-12,21-22H,13-14H2,1-2H3. The number of hydrogen-bond donors (Lipinski definition) is 1. The summed E-state index contributed by atoms with van der Waals surface area (Å²) in [6, 6.07) is 22.5. The molecular formula is C21H22N2S. The summed E-state index contributed by atoms with van der Waals surface area (Å²) in [5.41, 5.74) is 4.03. The van der Waals surface area contributed by atoms with Crippen molar-refractivity contribution >= 4 is 28.2 Å². The second-order valence-electron chi connectivity index (χ2n) is 6.44. The topological polar surface area (TPSA) is 15.3 Å². The average Bonchev–Trinajstić information content (AvgIpc) is 2.78. The molecule has 1 unspecified atom stereocenters. The number of benzene rings is 3. The molecule has 1 heterocycles. The van der Waals surface area contributed by atoms with Gasteiger partial charge in [-0.3, -0.25) is 4.90 Å². The van der Waals surface area contributed by atoms with Crippen molar-refractivity contribution in [2.24, 2.45) is 0 Å². The van der Waals surface area contributed by atoms with Gasteiger partial charge in [0.1, 0.15) is 0 Å². The van der Waals surface area contributed by atoms with E-state index in [9.17, 15) is 0 Å². The van der Waals surface area contributed by atoms with Crippen LogP contribution in [0.15, 0.2) is 65.6 Å². The van der Waals surface area contributed by atoms with E-state index < -0.39 is 0 Å². The van der Waals surface area contributed by atoms with Crippen molar-refractivity contribution in [3.05, 3.63) is 71.8 Å². The molecule has 24 heavy (non-hydrogen) atoms. The Morgan fingerprint density at radius 2 is 1.83 bits per heavy atom. The van der Waals surface area contributed by atoms with E-state index >= 15 is 0 Å². The Kier molecular flexibility index (Phi) is 4.21. The number of thioether (sulfide) groups is 1. The van der Waals surface area contributed by atoms with Crippen molar-refractivity contribution in [2.45, 2.75) is 17.5 Å². The van der Waals surface area contributed by atoms with Gasteiger partial charge in [-0.25, -0.2) is 0 Å². The quantitative estimate of drug-likeness (QED) is 0.652. The molecule has 0 spiro atoms. The number of nitrogens with one attached hydrogen (secondary N) is 1. The first-order valence-corrected chi connectivity index (χ1v) is 9.57. The fourth-order valence-electron chi connectivity index (χ4n) is 3.53. The van der Waals surface area contributed by atoms with Crippen LogP contribution in [0.4, 0.5) is 5.69 Å². The van der Waals surface area contributed by atoms with Crippen LogP contribution < -0.4 is 5.32 Å². The number of anilines is 1. The largest absolute Gasteiger partial charge is 0.383 e. The van der Waals surface area contributed by atoms with Crippen LogP contribution in [0.2, 0.25) is 0 Å². The van der Waals surface area contributed by atoms with Crippen molar-refractivity contribution < 1.29 is 0 Å². The molecule has 0 aromatic heterocycles. The summed E-state index contributed by atoms with van der Waals surface area (Å²) in [4.78, 5) is 3.78. The first kappa shape index (κ1) is 15.6. The highest BCUT2D eigenvalue weighted by Crippen LogP contribution is 2.32. The Bertz CT molecular complexity index is 875. The third-order valence-electron chi connectivity index (χ3n) is 4.91. The minimum absolute atomic E-state index is 0.375. The van der Waals surface area contributed by atoms with Crippen molar-refractivity contribution in [3.8, 4) is 0 Å². The lowest BCUT2D eigenvalue weighted by molar-refractivity contribution is 0.252. The van der Waals surface area contributed by atoms with Gasteiger partial charge in [0.2, 0.25) is 0 Å². The molecule has 1 aliphatic heterocycles. The summed E-state index contributed by atoms with van der Waals surface area (Å²) in [5, 5.41) is 6.27. The number of hydrogen-bond acceptors (Lipinski definition) is 3. The summed E-state index contributed by atoms with van der Waals surface area (Å²) in [6.45, 7) is 1.90. The van der Waals surface area contributed by atoms with Gasteiger partial charge in [-0.15, -0.1) is 11.8 Å². The molecule has 1 N–H and O–H groups in total. The van der Waals surface area contributed by atoms with Gasteiger partial charge in [0.15, 0.2) is 0 Å². The number of fused-ring (bicyclic) bond motifs is 2. The van der Waals surface area contributed by atoms with Gasteiger partial charge < -0.3 is 5.32 Å². The van der Waals surface area contributed by atoms with E-state index in [1.54, 1.807) is 11.8 Å². The van der Waals surface area contributed by atoms with Crippen molar-refractivity contribution in [1.82, 2.24) is 4.90 Å². The van der Waals surface area contributed by atoms with Crippen LogP contribution in [0.25, 0.3) is 10.8 Å². The van der Waals surface area contributed by atoms with E-state index in [-0.39, 0.29) is 0 Å². The number of rotatable bonds is 2. The fourth-order valence-corrected chi connectivity index (χ4v) is 3.99. The van der Waals surface area contributed by atoms with Gasteiger partial charge in [-0.2, -0.15) is 0 Å². The third-order valence-corrected chi connectivity index (χ3v) is 5.63. The molecule has 0 saturated heterocycles. The average molecular weight is 334 g/mol. The van der Waals surface area contributed by atoms with E-state index in [4.69, 9.17) is 0 Å². The molecule has 4 rings (SSSR count). The summed E-state index contributed by atoms with van der Waals surface area (Å²) in [5.74, 6) is 0. The molecule has 3 aromatic carbocycles. The first-order valence-electron chi connectivity index (χ1n) is 8.34. The first-order chi connectivity index (χ1) is 11.7. The summed E-state index contributed by atoms with van der Waals surface area (Å²) in [7, 11) is 2.22. The zero-order valence-corrected chi connectivity index (χ0v) is 14.9. The monoisotopic (exact) mass is 334 g/mol. The van der Waals surface area contributed by atoms with Gasteiger partial charge in [-0.1, -0.05) is 36.4 Å². The molecule has 0 radical (unpaired) electrons. The minimum atomic E-state index is 0.375. The van der Waals surface area contributed by atoms with E-state index in [1.165, 1.54) is 32.5 Å². The molecule has 3 heteroatoms. The zero-order chi connectivity index (χ0) is 16.5. The number of likely N-dealkylation sites (N-methyl/N-ethyl adjacent to an activating group) is 1. The van der Waals surface area contributed by atoms with Crippen LogP contribution >= 0.6 is 11.8 Å². The third kappa shape index (κ3) is 2.90.